The molecule has 0 atom stereocenters. The predicted octanol–water partition coefficient (Wildman–Crippen LogP) is -7.39. The second-order valence-corrected chi connectivity index (χ2v) is 7.36. The minimum absolute atomic E-state index is 0. The molecule has 0 aliphatic rings. The van der Waals surface area contributed by atoms with Gasteiger partial charge in [0.15, 0.2) is 0 Å². The zero-order chi connectivity index (χ0) is 15.4. The molecule has 0 amide bonds. The second-order valence-electron chi connectivity index (χ2n) is 2.13. The van der Waals surface area contributed by atoms with E-state index in [2.05, 4.69) is 8.62 Å². The smallest absolute Gasteiger partial charge is 1.00 e. The van der Waals surface area contributed by atoms with Crippen LogP contribution in [0.2, 0.25) is 0 Å². The molecular weight excluding hydrogens is 410 g/mol. The van der Waals surface area contributed by atoms with Crippen LogP contribution in [0.1, 0.15) is 2.85 Å². The normalized spacial score (nSPS) is 12.4. The molecule has 0 saturated carbocycles. The van der Waals surface area contributed by atoms with Gasteiger partial charge in [0.1, 0.15) is 0 Å². The number of hydrogen-bond acceptors (Lipinski definition) is 6. The Bertz CT molecular complexity index is 358. The zero-order valence-electron chi connectivity index (χ0n) is 11.8. The van der Waals surface area contributed by atoms with E-state index in [-0.39, 0.29) is 83.8 Å². The van der Waals surface area contributed by atoms with Crippen molar-refractivity contribution in [2.24, 2.45) is 0 Å². The first kappa shape index (κ1) is 31.0. The fourth-order valence-corrected chi connectivity index (χ4v) is 2.49. The summed E-state index contributed by atoms with van der Waals surface area (Å²) in [5, 5.41) is 0. The van der Waals surface area contributed by atoms with Crippen LogP contribution in [0.5, 0.6) is 0 Å². The Hall–Kier alpha value is 3.16. The third-order valence-electron chi connectivity index (χ3n) is 0.425. The van der Waals surface area contributed by atoms with Gasteiger partial charge in [-0.2, -0.15) is 8.62 Å². The topological polar surface area (TPSA) is 249 Å². The summed E-state index contributed by atoms with van der Waals surface area (Å²) >= 11 is 0. The number of rotatable bonds is 4. The Balaban J connectivity index is -0.0000000492. The van der Waals surface area contributed by atoms with Gasteiger partial charge in [0.2, 0.25) is 0 Å². The van der Waals surface area contributed by atoms with Crippen molar-refractivity contribution in [1.82, 2.24) is 0 Å². The molecule has 0 aromatic carbocycles. The molecular formula is H10KNaO14P4. The summed E-state index contributed by atoms with van der Waals surface area (Å²) in [6.45, 7) is 0. The third kappa shape index (κ3) is 37.4. The van der Waals surface area contributed by atoms with Gasteiger partial charge in [-0.1, -0.05) is 0 Å². The Morgan fingerprint density at radius 3 is 0.650 bits per heavy atom. The van der Waals surface area contributed by atoms with E-state index in [0.717, 1.165) is 0 Å². The number of phosphoric acid groups is 4. The summed E-state index contributed by atoms with van der Waals surface area (Å²) in [4.78, 5) is 62.0. The third-order valence-corrected chi connectivity index (χ3v) is 3.83. The molecule has 0 saturated heterocycles. The molecule has 0 aliphatic carbocycles. The molecule has 14 nitrogen and oxygen atoms in total. The van der Waals surface area contributed by atoms with E-state index < -0.39 is 31.3 Å². The van der Waals surface area contributed by atoms with Crippen LogP contribution in [0, 0.1) is 0 Å². The first-order valence-corrected chi connectivity index (χ1v) is 9.18. The van der Waals surface area contributed by atoms with E-state index in [4.69, 9.17) is 39.1 Å². The molecule has 20 heteroatoms. The van der Waals surface area contributed by atoms with Gasteiger partial charge in [0.05, 0.1) is 0 Å². The van der Waals surface area contributed by atoms with Crippen LogP contribution >= 0.6 is 31.3 Å². The molecule has 0 heterocycles. The molecule has 0 spiro atoms. The second kappa shape index (κ2) is 11.7. The van der Waals surface area contributed by atoms with Gasteiger partial charge in [0, 0.05) is 0 Å². The largest absolute Gasteiger partial charge is 1.00 e. The van der Waals surface area contributed by atoms with Crippen LogP contribution in [0.15, 0.2) is 0 Å². The average Bonchev–Trinajstić information content (AvgIpc) is 1.64. The van der Waals surface area contributed by atoms with Crippen molar-refractivity contribution in [2.45, 2.75) is 0 Å². The Morgan fingerprint density at radius 1 is 0.550 bits per heavy atom. The van der Waals surface area contributed by atoms with Crippen LogP contribution in [0.4, 0.5) is 0 Å². The molecule has 0 aromatic rings. The van der Waals surface area contributed by atoms with Gasteiger partial charge in [-0.25, -0.2) is 18.3 Å². The van der Waals surface area contributed by atoms with Crippen molar-refractivity contribution < 1.29 is 150 Å². The standard InChI is InChI=1S/K.Na.2H4O7P2.2H/c;;2*1-8(2,3)7-9(4,5)6;;/h;;2*(H2,1,2,3)(H2,4,5,6);;/q2*+1;;;2*-1. The maximum Gasteiger partial charge on any atom is 1.00 e. The summed E-state index contributed by atoms with van der Waals surface area (Å²) in [6, 6.07) is 0. The van der Waals surface area contributed by atoms with Crippen molar-refractivity contribution in [1.29, 1.82) is 0 Å². The molecule has 0 radical (unpaired) electrons. The molecule has 0 aliphatic heterocycles. The molecule has 0 aromatic heterocycles. The summed E-state index contributed by atoms with van der Waals surface area (Å²) in [7, 11) is -20.2. The van der Waals surface area contributed by atoms with E-state index in [9.17, 15) is 18.3 Å². The van der Waals surface area contributed by atoms with Crippen LogP contribution in [-0.4, -0.2) is 39.1 Å². The van der Waals surface area contributed by atoms with E-state index in [1.165, 1.54) is 0 Å². The van der Waals surface area contributed by atoms with E-state index in [1.807, 2.05) is 0 Å². The summed E-state index contributed by atoms with van der Waals surface area (Å²) in [5.41, 5.74) is 0. The van der Waals surface area contributed by atoms with Crippen molar-refractivity contribution in [3.63, 3.8) is 0 Å². The molecule has 116 valence electrons. The van der Waals surface area contributed by atoms with Crippen LogP contribution < -0.4 is 80.9 Å². The van der Waals surface area contributed by atoms with Crippen LogP contribution in [0.25, 0.3) is 0 Å². The maximum absolute atomic E-state index is 9.63. The monoisotopic (exact) mass is 420 g/mol. The molecule has 8 N–H and O–H groups in total. The molecule has 20 heavy (non-hydrogen) atoms. The van der Waals surface area contributed by atoms with E-state index in [0.29, 0.717) is 0 Å². The summed E-state index contributed by atoms with van der Waals surface area (Å²) in [6.07, 6.45) is 0. The first-order valence-electron chi connectivity index (χ1n) is 3.06. The summed E-state index contributed by atoms with van der Waals surface area (Å²) in [5.74, 6) is 0. The fraction of sp³-hybridized carbons (Fsp3) is 0. The van der Waals surface area contributed by atoms with E-state index in [1.54, 1.807) is 0 Å². The molecule has 0 bridgehead atoms. The minimum atomic E-state index is -5.05. The maximum atomic E-state index is 9.63. The number of hydrogen-bond donors (Lipinski definition) is 8. The van der Waals surface area contributed by atoms with Crippen LogP contribution in [0.3, 0.4) is 0 Å². The SMILES string of the molecule is O=P(O)(O)OP(=O)(O)O.O=P(O)(O)OP(=O)(O)O.[H-].[H-].[K+].[Na+]. The van der Waals surface area contributed by atoms with Gasteiger partial charge in [-0.15, -0.1) is 0 Å². The van der Waals surface area contributed by atoms with E-state index >= 15 is 0 Å². The molecule has 0 fully saturated rings. The Labute approximate surface area is 178 Å². The van der Waals surface area contributed by atoms with Crippen LogP contribution in [-0.2, 0) is 26.9 Å². The Morgan fingerprint density at radius 2 is 0.650 bits per heavy atom. The van der Waals surface area contributed by atoms with Gasteiger partial charge < -0.3 is 42.0 Å². The first-order chi connectivity index (χ1) is 7.41. The molecule has 0 rings (SSSR count). The van der Waals surface area contributed by atoms with Gasteiger partial charge >= 0.3 is 112 Å². The minimum Gasteiger partial charge on any atom is -1.00 e. The average molecular weight is 420 g/mol. The van der Waals surface area contributed by atoms with Crippen molar-refractivity contribution >= 4 is 31.3 Å². The molecule has 0 unspecified atom stereocenters. The van der Waals surface area contributed by atoms with Crippen molar-refractivity contribution in [3.8, 4) is 0 Å². The van der Waals surface area contributed by atoms with Crippen molar-refractivity contribution in [2.75, 3.05) is 0 Å². The Kier molecular flexibility index (Phi) is 18.1. The van der Waals surface area contributed by atoms with Gasteiger partial charge in [-0.3, -0.25) is 0 Å². The quantitative estimate of drug-likeness (QED) is 0.155. The van der Waals surface area contributed by atoms with Crippen molar-refractivity contribution in [3.05, 3.63) is 0 Å². The fourth-order valence-electron chi connectivity index (χ4n) is 0.277. The zero-order valence-corrected chi connectivity index (χ0v) is 18.5. The van der Waals surface area contributed by atoms with Gasteiger partial charge in [0.25, 0.3) is 0 Å². The predicted molar refractivity (Wildman–Crippen MR) is 52.6 cm³/mol. The summed E-state index contributed by atoms with van der Waals surface area (Å²) < 4.78 is 44.4. The van der Waals surface area contributed by atoms with Gasteiger partial charge in [-0.05, 0) is 0 Å².